The lowest BCUT2D eigenvalue weighted by Crippen LogP contribution is -2.29. The minimum atomic E-state index is -0.0705. The molecular formula is C17H17ClN2O. The van der Waals surface area contributed by atoms with Gasteiger partial charge in [0, 0.05) is 10.4 Å². The van der Waals surface area contributed by atoms with Crippen LogP contribution in [0.4, 0.5) is 0 Å². The summed E-state index contributed by atoms with van der Waals surface area (Å²) in [5, 5.41) is 1.69. The number of hydrogen-bond donors (Lipinski definition) is 2. The van der Waals surface area contributed by atoms with Crippen LogP contribution in [0.1, 0.15) is 22.9 Å². The molecule has 1 heterocycles. The van der Waals surface area contributed by atoms with Gasteiger partial charge in [-0.25, -0.2) is 5.43 Å². The zero-order valence-electron chi connectivity index (χ0n) is 11.8. The zero-order valence-corrected chi connectivity index (χ0v) is 12.5. The molecule has 108 valence electrons. The van der Waals surface area contributed by atoms with Crippen molar-refractivity contribution < 1.29 is 4.42 Å². The summed E-state index contributed by atoms with van der Waals surface area (Å²) in [4.78, 5) is 0. The molecule has 0 aliphatic carbocycles. The van der Waals surface area contributed by atoms with Crippen LogP contribution in [0.25, 0.3) is 11.0 Å². The van der Waals surface area contributed by atoms with Crippen LogP contribution in [-0.4, -0.2) is 0 Å². The van der Waals surface area contributed by atoms with E-state index in [1.807, 2.05) is 24.3 Å². The summed E-state index contributed by atoms with van der Waals surface area (Å²) in [6, 6.07) is 15.9. The van der Waals surface area contributed by atoms with Crippen LogP contribution >= 0.6 is 11.6 Å². The highest BCUT2D eigenvalue weighted by Crippen LogP contribution is 2.27. The Morgan fingerprint density at radius 3 is 2.62 bits per heavy atom. The largest absolute Gasteiger partial charge is 0.459 e. The lowest BCUT2D eigenvalue weighted by Gasteiger charge is -2.13. The molecule has 1 aromatic heterocycles. The predicted molar refractivity (Wildman–Crippen MR) is 86.2 cm³/mol. The smallest absolute Gasteiger partial charge is 0.134 e. The molecule has 3 N–H and O–H groups in total. The van der Waals surface area contributed by atoms with Crippen molar-refractivity contribution in [3.05, 3.63) is 70.4 Å². The van der Waals surface area contributed by atoms with E-state index >= 15 is 0 Å². The quantitative estimate of drug-likeness (QED) is 0.562. The minimum absolute atomic E-state index is 0.0705. The van der Waals surface area contributed by atoms with E-state index in [4.69, 9.17) is 21.9 Å². The van der Waals surface area contributed by atoms with Crippen molar-refractivity contribution in [3.8, 4) is 0 Å². The van der Waals surface area contributed by atoms with E-state index in [9.17, 15) is 0 Å². The van der Waals surface area contributed by atoms with Crippen molar-refractivity contribution in [2.24, 2.45) is 5.84 Å². The minimum Gasteiger partial charge on any atom is -0.459 e. The van der Waals surface area contributed by atoms with Gasteiger partial charge in [-0.2, -0.15) is 0 Å². The van der Waals surface area contributed by atoms with Gasteiger partial charge in [-0.3, -0.25) is 5.84 Å². The molecule has 0 amide bonds. The first-order chi connectivity index (χ1) is 10.2. The molecule has 0 fully saturated rings. The van der Waals surface area contributed by atoms with Crippen LogP contribution in [0.2, 0.25) is 5.02 Å². The van der Waals surface area contributed by atoms with Gasteiger partial charge < -0.3 is 4.42 Å². The van der Waals surface area contributed by atoms with Crippen molar-refractivity contribution in [1.29, 1.82) is 0 Å². The second kappa shape index (κ2) is 5.90. The summed E-state index contributed by atoms with van der Waals surface area (Å²) in [6.07, 6.45) is 0.768. The van der Waals surface area contributed by atoms with E-state index in [0.29, 0.717) is 5.02 Å². The standard InChI is InChI=1S/C17H17ClN2O/c1-11-2-4-12(5-3-11)8-15(20-19)17-10-13-9-14(18)6-7-16(13)21-17/h2-7,9-10,15,20H,8,19H2,1H3. The Labute approximate surface area is 128 Å². The normalized spacial score (nSPS) is 12.7. The van der Waals surface area contributed by atoms with Gasteiger partial charge in [-0.05, 0) is 43.2 Å². The van der Waals surface area contributed by atoms with Gasteiger partial charge in [0.15, 0.2) is 0 Å². The molecule has 0 saturated heterocycles. The van der Waals surface area contributed by atoms with Crippen molar-refractivity contribution in [2.75, 3.05) is 0 Å². The molecule has 3 nitrogen and oxygen atoms in total. The van der Waals surface area contributed by atoms with Gasteiger partial charge in [-0.1, -0.05) is 41.4 Å². The third kappa shape index (κ3) is 3.10. The Bertz CT molecular complexity index is 749. The van der Waals surface area contributed by atoms with Crippen LogP contribution in [-0.2, 0) is 6.42 Å². The molecule has 0 aliphatic rings. The van der Waals surface area contributed by atoms with Gasteiger partial charge in [0.2, 0.25) is 0 Å². The molecule has 1 unspecified atom stereocenters. The summed E-state index contributed by atoms with van der Waals surface area (Å²) in [6.45, 7) is 2.07. The number of hydrogen-bond acceptors (Lipinski definition) is 3. The topological polar surface area (TPSA) is 51.2 Å². The van der Waals surface area contributed by atoms with E-state index in [1.165, 1.54) is 11.1 Å². The van der Waals surface area contributed by atoms with Crippen molar-refractivity contribution in [2.45, 2.75) is 19.4 Å². The van der Waals surface area contributed by atoms with E-state index in [1.54, 1.807) is 0 Å². The number of rotatable bonds is 4. The number of fused-ring (bicyclic) bond motifs is 1. The molecule has 2 aromatic carbocycles. The van der Waals surface area contributed by atoms with Gasteiger partial charge in [0.1, 0.15) is 11.3 Å². The molecular weight excluding hydrogens is 284 g/mol. The SMILES string of the molecule is Cc1ccc(CC(NN)c2cc3cc(Cl)ccc3o2)cc1. The Morgan fingerprint density at radius 1 is 1.14 bits per heavy atom. The highest BCUT2D eigenvalue weighted by molar-refractivity contribution is 6.31. The first kappa shape index (κ1) is 14.1. The van der Waals surface area contributed by atoms with Crippen LogP contribution in [0.15, 0.2) is 52.9 Å². The number of halogens is 1. The van der Waals surface area contributed by atoms with Gasteiger partial charge in [0.25, 0.3) is 0 Å². The predicted octanol–water partition coefficient (Wildman–Crippen LogP) is 4.14. The van der Waals surface area contributed by atoms with E-state index in [0.717, 1.165) is 23.2 Å². The molecule has 0 bridgehead atoms. The van der Waals surface area contributed by atoms with E-state index in [2.05, 4.69) is 36.6 Å². The van der Waals surface area contributed by atoms with E-state index < -0.39 is 0 Å². The number of aryl methyl sites for hydroxylation is 1. The highest BCUT2D eigenvalue weighted by Gasteiger charge is 2.15. The first-order valence-corrected chi connectivity index (χ1v) is 7.24. The maximum atomic E-state index is 6.00. The third-order valence-corrected chi connectivity index (χ3v) is 3.84. The number of benzene rings is 2. The Hall–Kier alpha value is -1.81. The number of nitrogens with two attached hydrogens (primary N) is 1. The summed E-state index contributed by atoms with van der Waals surface area (Å²) >= 11 is 6.00. The fraction of sp³-hybridized carbons (Fsp3) is 0.176. The second-order valence-electron chi connectivity index (χ2n) is 5.24. The van der Waals surface area contributed by atoms with Crippen molar-refractivity contribution in [3.63, 3.8) is 0 Å². The third-order valence-electron chi connectivity index (χ3n) is 3.60. The molecule has 21 heavy (non-hydrogen) atoms. The van der Waals surface area contributed by atoms with Crippen molar-refractivity contribution >= 4 is 22.6 Å². The molecule has 0 aliphatic heterocycles. The Kier molecular flexibility index (Phi) is 3.97. The molecule has 0 saturated carbocycles. The number of hydrazine groups is 1. The number of nitrogens with one attached hydrogen (secondary N) is 1. The van der Waals surface area contributed by atoms with Crippen LogP contribution in [0.3, 0.4) is 0 Å². The second-order valence-corrected chi connectivity index (χ2v) is 5.68. The van der Waals surface area contributed by atoms with Gasteiger partial charge in [-0.15, -0.1) is 0 Å². The van der Waals surface area contributed by atoms with Crippen molar-refractivity contribution in [1.82, 2.24) is 5.43 Å². The summed E-state index contributed by atoms with van der Waals surface area (Å²) in [5.74, 6) is 6.51. The fourth-order valence-corrected chi connectivity index (χ4v) is 2.59. The summed E-state index contributed by atoms with van der Waals surface area (Å²) in [5.41, 5.74) is 6.10. The van der Waals surface area contributed by atoms with E-state index in [-0.39, 0.29) is 6.04 Å². The first-order valence-electron chi connectivity index (χ1n) is 6.86. The lowest BCUT2D eigenvalue weighted by molar-refractivity contribution is 0.434. The average Bonchev–Trinajstić information content (AvgIpc) is 2.89. The summed E-state index contributed by atoms with van der Waals surface area (Å²) in [7, 11) is 0. The molecule has 3 rings (SSSR count). The maximum absolute atomic E-state index is 6.00. The molecule has 1 atom stereocenters. The van der Waals surface area contributed by atoms with Gasteiger partial charge in [0.05, 0.1) is 6.04 Å². The highest BCUT2D eigenvalue weighted by atomic mass is 35.5. The molecule has 4 heteroatoms. The Morgan fingerprint density at radius 2 is 1.90 bits per heavy atom. The lowest BCUT2D eigenvalue weighted by atomic mass is 10.0. The molecule has 3 aromatic rings. The fourth-order valence-electron chi connectivity index (χ4n) is 2.41. The van der Waals surface area contributed by atoms with Gasteiger partial charge >= 0.3 is 0 Å². The molecule has 0 radical (unpaired) electrons. The average molecular weight is 301 g/mol. The summed E-state index contributed by atoms with van der Waals surface area (Å²) < 4.78 is 5.87. The zero-order chi connectivity index (χ0) is 14.8. The van der Waals surface area contributed by atoms with Crippen LogP contribution in [0.5, 0.6) is 0 Å². The maximum Gasteiger partial charge on any atom is 0.134 e. The monoisotopic (exact) mass is 300 g/mol. The van der Waals surface area contributed by atoms with Crippen LogP contribution < -0.4 is 11.3 Å². The molecule has 0 spiro atoms. The van der Waals surface area contributed by atoms with Crippen LogP contribution in [0, 0.1) is 6.92 Å². The number of furan rings is 1. The Balaban J connectivity index is 1.88.